The molecule has 1 fully saturated rings. The fourth-order valence-electron chi connectivity index (χ4n) is 2.14. The highest BCUT2D eigenvalue weighted by Gasteiger charge is 2.56. The number of aliphatic hydroxyl groups excluding tert-OH is 3. The highest BCUT2D eigenvalue weighted by atomic mass is 32.2. The second kappa shape index (κ2) is 5.92. The monoisotopic (exact) mass is 330 g/mol. The van der Waals surface area contributed by atoms with Gasteiger partial charge in [-0.15, -0.1) is 0 Å². The van der Waals surface area contributed by atoms with Crippen LogP contribution in [0, 0.1) is 0 Å². The second-order valence-corrected chi connectivity index (χ2v) is 6.04. The minimum atomic E-state index is -4.94. The van der Waals surface area contributed by atoms with Crippen molar-refractivity contribution in [1.29, 1.82) is 0 Å². The zero-order valence-electron chi connectivity index (χ0n) is 11.4. The van der Waals surface area contributed by atoms with Gasteiger partial charge < -0.3 is 25.0 Å². The highest BCUT2D eigenvalue weighted by Crippen LogP contribution is 2.39. The van der Waals surface area contributed by atoms with Crippen molar-refractivity contribution >= 4 is 16.9 Å². The van der Waals surface area contributed by atoms with E-state index in [9.17, 15) is 28.5 Å². The van der Waals surface area contributed by atoms with Crippen molar-refractivity contribution in [2.24, 2.45) is 4.99 Å². The van der Waals surface area contributed by atoms with Crippen LogP contribution in [0.3, 0.4) is 0 Å². The number of fused-ring (bicyclic) bond motifs is 1. The third-order valence-electron chi connectivity index (χ3n) is 3.54. The first-order chi connectivity index (χ1) is 9.66. The number of thioether (sulfide) groups is 1. The Morgan fingerprint density at radius 2 is 2.00 bits per heavy atom. The number of nitrogens with zero attached hydrogens (tertiary/aromatic N) is 2. The maximum Gasteiger partial charge on any atom is 0.417 e. The molecule has 0 aliphatic carbocycles. The van der Waals surface area contributed by atoms with Gasteiger partial charge in [0.1, 0.15) is 29.8 Å². The number of alkyl halides is 3. The number of amidine groups is 1. The van der Waals surface area contributed by atoms with E-state index >= 15 is 0 Å². The minimum Gasteiger partial charge on any atom is -0.388 e. The molecule has 6 atom stereocenters. The van der Waals surface area contributed by atoms with Crippen LogP contribution in [0.1, 0.15) is 6.92 Å². The SMILES string of the molecule is CCN(C)C1=N[C@@H]2[C@@H](O)[C@H](O)[C@@H]([C@H](O)C(F)(F)F)O[C@@H]2S1. The number of hydrogen-bond donors (Lipinski definition) is 3. The lowest BCUT2D eigenvalue weighted by Gasteiger charge is -2.40. The fourth-order valence-corrected chi connectivity index (χ4v) is 3.39. The zero-order chi connectivity index (χ0) is 15.9. The molecule has 0 aromatic carbocycles. The predicted octanol–water partition coefficient (Wildman–Crippen LogP) is -0.221. The van der Waals surface area contributed by atoms with Gasteiger partial charge in [-0.25, -0.2) is 0 Å². The van der Waals surface area contributed by atoms with Gasteiger partial charge in [0.25, 0.3) is 0 Å². The lowest BCUT2D eigenvalue weighted by atomic mass is 9.94. The van der Waals surface area contributed by atoms with E-state index in [1.807, 2.05) is 6.92 Å². The van der Waals surface area contributed by atoms with E-state index in [0.29, 0.717) is 11.7 Å². The van der Waals surface area contributed by atoms with E-state index in [0.717, 1.165) is 11.8 Å². The van der Waals surface area contributed by atoms with Crippen LogP contribution in [-0.2, 0) is 4.74 Å². The molecule has 0 radical (unpaired) electrons. The normalized spacial score (nSPS) is 37.9. The summed E-state index contributed by atoms with van der Waals surface area (Å²) in [4.78, 5) is 5.93. The van der Waals surface area contributed by atoms with Crippen LogP contribution in [0.2, 0.25) is 0 Å². The van der Waals surface area contributed by atoms with Crippen molar-refractivity contribution in [3.8, 4) is 0 Å². The summed E-state index contributed by atoms with van der Waals surface area (Å²) >= 11 is 1.07. The van der Waals surface area contributed by atoms with Crippen LogP contribution < -0.4 is 0 Å². The Morgan fingerprint density at radius 3 is 2.52 bits per heavy atom. The van der Waals surface area contributed by atoms with E-state index in [2.05, 4.69) is 4.99 Å². The van der Waals surface area contributed by atoms with Crippen LogP contribution in [0.4, 0.5) is 13.2 Å². The number of aliphatic hydroxyl groups is 3. The molecule has 1 saturated heterocycles. The van der Waals surface area contributed by atoms with Crippen molar-refractivity contribution in [2.45, 2.75) is 49.0 Å². The summed E-state index contributed by atoms with van der Waals surface area (Å²) in [6.07, 6.45) is -13.1. The molecule has 0 unspecified atom stereocenters. The van der Waals surface area contributed by atoms with E-state index in [1.54, 1.807) is 11.9 Å². The van der Waals surface area contributed by atoms with Gasteiger partial charge in [0, 0.05) is 13.6 Å². The number of aliphatic imine (C=N–C) groups is 1. The Morgan fingerprint density at radius 1 is 1.38 bits per heavy atom. The molecular weight excluding hydrogens is 313 g/mol. The molecule has 0 bridgehead atoms. The molecule has 122 valence electrons. The third kappa shape index (κ3) is 3.14. The fraction of sp³-hybridized carbons (Fsp3) is 0.909. The van der Waals surface area contributed by atoms with Crippen molar-refractivity contribution in [3.05, 3.63) is 0 Å². The largest absolute Gasteiger partial charge is 0.417 e. The molecule has 6 nitrogen and oxygen atoms in total. The minimum absolute atomic E-state index is 0.515. The van der Waals surface area contributed by atoms with E-state index < -0.39 is 42.1 Å². The summed E-state index contributed by atoms with van der Waals surface area (Å²) in [5, 5.41) is 29.5. The second-order valence-electron chi connectivity index (χ2n) is 4.97. The lowest BCUT2D eigenvalue weighted by Crippen LogP contribution is -2.60. The average molecular weight is 330 g/mol. The maximum absolute atomic E-state index is 12.6. The van der Waals surface area contributed by atoms with Crippen molar-refractivity contribution in [3.63, 3.8) is 0 Å². The van der Waals surface area contributed by atoms with Crippen molar-refractivity contribution in [1.82, 2.24) is 4.90 Å². The first-order valence-electron chi connectivity index (χ1n) is 6.38. The molecule has 2 heterocycles. The Hall–Kier alpha value is -0.550. The molecule has 0 amide bonds. The summed E-state index contributed by atoms with van der Waals surface area (Å²) in [6.45, 7) is 2.49. The summed E-state index contributed by atoms with van der Waals surface area (Å²) in [5.74, 6) is 0. The van der Waals surface area contributed by atoms with Crippen molar-refractivity contribution in [2.75, 3.05) is 13.6 Å². The number of halogens is 3. The molecular formula is C11H17F3N2O4S. The van der Waals surface area contributed by atoms with Crippen LogP contribution in [0.15, 0.2) is 4.99 Å². The highest BCUT2D eigenvalue weighted by molar-refractivity contribution is 8.14. The van der Waals surface area contributed by atoms with E-state index in [4.69, 9.17) is 4.74 Å². The standard InChI is InChI=1S/C11H17F3N2O4S/c1-3-16(2)10-15-4-5(17)6(18)7(20-9(4)21-10)8(19)11(12,13)14/h4-9,17-19H,3H2,1-2H3/t4-,5-,6+,7+,8+,9-/m1/s1. The molecule has 3 N–H and O–H groups in total. The molecule has 0 saturated carbocycles. The van der Waals surface area contributed by atoms with Crippen molar-refractivity contribution < 1.29 is 33.2 Å². The average Bonchev–Trinajstić information content (AvgIpc) is 2.84. The van der Waals surface area contributed by atoms with Gasteiger partial charge in [-0.1, -0.05) is 11.8 Å². The lowest BCUT2D eigenvalue weighted by molar-refractivity contribution is -0.271. The van der Waals surface area contributed by atoms with E-state index in [1.165, 1.54) is 0 Å². The molecule has 0 spiro atoms. The van der Waals surface area contributed by atoms with Gasteiger partial charge in [0.05, 0.1) is 0 Å². The predicted molar refractivity (Wildman–Crippen MR) is 69.9 cm³/mol. The molecule has 0 aromatic heterocycles. The third-order valence-corrected chi connectivity index (χ3v) is 4.79. The van der Waals surface area contributed by atoms with Gasteiger partial charge >= 0.3 is 6.18 Å². The molecule has 10 heteroatoms. The topological polar surface area (TPSA) is 85.5 Å². The Kier molecular flexibility index (Phi) is 4.74. The number of rotatable bonds is 2. The van der Waals surface area contributed by atoms with Gasteiger partial charge in [-0.3, -0.25) is 4.99 Å². The molecule has 0 aromatic rings. The molecule has 21 heavy (non-hydrogen) atoms. The van der Waals surface area contributed by atoms with Crippen LogP contribution in [0.25, 0.3) is 0 Å². The first-order valence-corrected chi connectivity index (χ1v) is 7.26. The van der Waals surface area contributed by atoms with Crippen LogP contribution in [-0.4, -0.2) is 81.0 Å². The Balaban J connectivity index is 2.16. The zero-order valence-corrected chi connectivity index (χ0v) is 12.2. The van der Waals surface area contributed by atoms with Gasteiger partial charge in [-0.2, -0.15) is 13.2 Å². The number of ether oxygens (including phenoxy) is 1. The van der Waals surface area contributed by atoms with Crippen LogP contribution >= 0.6 is 11.8 Å². The summed E-state index contributed by atoms with van der Waals surface area (Å²) in [5.41, 5.74) is -0.866. The maximum atomic E-state index is 12.6. The van der Waals surface area contributed by atoms with Gasteiger partial charge in [0.15, 0.2) is 11.3 Å². The summed E-state index contributed by atoms with van der Waals surface area (Å²) < 4.78 is 42.9. The summed E-state index contributed by atoms with van der Waals surface area (Å²) in [6, 6.07) is -0.856. The molecule has 2 aliphatic heterocycles. The quantitative estimate of drug-likeness (QED) is 0.649. The van der Waals surface area contributed by atoms with Gasteiger partial charge in [-0.05, 0) is 6.92 Å². The van der Waals surface area contributed by atoms with Gasteiger partial charge in [0.2, 0.25) is 0 Å². The van der Waals surface area contributed by atoms with E-state index in [-0.39, 0.29) is 0 Å². The number of hydrogen-bond acceptors (Lipinski definition) is 7. The Labute approximate surface area is 123 Å². The first kappa shape index (κ1) is 16.8. The molecule has 2 rings (SSSR count). The smallest absolute Gasteiger partial charge is 0.388 e. The van der Waals surface area contributed by atoms with Crippen LogP contribution in [0.5, 0.6) is 0 Å². The molecule has 2 aliphatic rings. The Bertz CT molecular complexity index is 423. The summed E-state index contributed by atoms with van der Waals surface area (Å²) in [7, 11) is 1.74.